The molecule has 74 heavy (non-hydrogen) atoms. The number of para-hydroxylation sites is 2. The van der Waals surface area contributed by atoms with Crippen LogP contribution in [0.4, 0.5) is 0 Å². The number of rotatable bonds is 5. The van der Waals surface area contributed by atoms with Crippen molar-refractivity contribution in [3.8, 4) is 55.6 Å². The Morgan fingerprint density at radius 2 is 0.730 bits per heavy atom. The molecular formula is C72H40O2. The largest absolute Gasteiger partial charge is 0.455 e. The first kappa shape index (κ1) is 29.6. The lowest BCUT2D eigenvalue weighted by molar-refractivity contribution is 0.669. The van der Waals surface area contributed by atoms with Crippen molar-refractivity contribution in [1.82, 2.24) is 0 Å². The van der Waals surface area contributed by atoms with E-state index in [2.05, 4.69) is 36.4 Å². The molecule has 0 aliphatic heterocycles. The summed E-state index contributed by atoms with van der Waals surface area (Å²) < 4.78 is 139. The average Bonchev–Trinajstić information content (AvgIpc) is 1.89. The van der Waals surface area contributed by atoms with Crippen molar-refractivity contribution in [3.05, 3.63) is 242 Å². The molecule has 0 unspecified atom stereocenters. The molecule has 2 nitrogen and oxygen atoms in total. The summed E-state index contributed by atoms with van der Waals surface area (Å²) in [6.45, 7) is 0. The van der Waals surface area contributed by atoms with Gasteiger partial charge in [0.1, 0.15) is 22.3 Å². The van der Waals surface area contributed by atoms with E-state index in [-0.39, 0.29) is 107 Å². The molecule has 0 atom stereocenters. The lowest BCUT2D eigenvalue weighted by Gasteiger charge is -2.17. The highest BCUT2D eigenvalue weighted by atomic mass is 16.3. The second-order valence-electron chi connectivity index (χ2n) is 19.2. The maximum absolute atomic E-state index is 10.8. The summed E-state index contributed by atoms with van der Waals surface area (Å²) in [5.41, 5.74) is 1.93. The zero-order valence-corrected chi connectivity index (χ0v) is 38.9. The summed E-state index contributed by atoms with van der Waals surface area (Å²) in [6, 6.07) is 47.2. The molecule has 0 bridgehead atoms. The maximum atomic E-state index is 10.8. The molecule has 0 amide bonds. The van der Waals surface area contributed by atoms with E-state index in [1.807, 2.05) is 109 Å². The van der Waals surface area contributed by atoms with E-state index < -0.39 is 48.3 Å². The molecule has 0 radical (unpaired) electrons. The molecule has 17 rings (SSSR count). The van der Waals surface area contributed by atoms with Gasteiger partial charge >= 0.3 is 0 Å². The quantitative estimate of drug-likeness (QED) is 0.161. The summed E-state index contributed by atoms with van der Waals surface area (Å²) in [5.74, 6) is 0. The monoisotopic (exact) mass is 949 g/mol. The van der Waals surface area contributed by atoms with Crippen molar-refractivity contribution in [1.29, 1.82) is 0 Å². The van der Waals surface area contributed by atoms with Crippen LogP contribution < -0.4 is 0 Å². The van der Waals surface area contributed by atoms with Gasteiger partial charge in [0.25, 0.3) is 0 Å². The zero-order chi connectivity index (χ0) is 59.5. The maximum Gasteiger partial charge on any atom is 0.143 e. The second kappa shape index (κ2) is 14.9. The van der Waals surface area contributed by atoms with Gasteiger partial charge in [-0.25, -0.2) is 0 Å². The van der Waals surface area contributed by atoms with E-state index >= 15 is 0 Å². The SMILES string of the molecule is [2H]c1c(-c2cc(-c3ccc4ccc5cccc6ccc3c4c56)c3oc4c([2H])c([2H])c([2H])c([2H])c4c3c2)c([2H])c(-c2cccc3ccccc23)c([2H])c1-c1c([2H])c(-c2ccc3ccc4cccc5ccc2c3c45)c2oc3c([2H])c([2H])c([2H])c([2H])c3c2c1[2H]. The van der Waals surface area contributed by atoms with Gasteiger partial charge in [0.15, 0.2) is 0 Å². The van der Waals surface area contributed by atoms with Gasteiger partial charge < -0.3 is 8.83 Å². The van der Waals surface area contributed by atoms with Crippen molar-refractivity contribution >= 4 is 119 Å². The minimum Gasteiger partial charge on any atom is -0.455 e. The molecule has 0 aliphatic rings. The summed E-state index contributed by atoms with van der Waals surface area (Å²) in [6.07, 6.45) is 0. The smallest absolute Gasteiger partial charge is 0.143 e. The van der Waals surface area contributed by atoms with Gasteiger partial charge in [-0.3, -0.25) is 0 Å². The van der Waals surface area contributed by atoms with Crippen molar-refractivity contribution in [2.45, 2.75) is 0 Å². The fraction of sp³-hybridized carbons (Fsp3) is 0. The minimum atomic E-state index is -0.565. The van der Waals surface area contributed by atoms with E-state index in [1.165, 1.54) is 0 Å². The lowest BCUT2D eigenvalue weighted by Crippen LogP contribution is -1.91. The van der Waals surface area contributed by atoms with Crippen LogP contribution in [0.15, 0.2) is 251 Å². The van der Waals surface area contributed by atoms with Crippen LogP contribution in [0.25, 0.3) is 175 Å². The number of furan rings is 2. The predicted molar refractivity (Wildman–Crippen MR) is 313 cm³/mol. The molecule has 2 aromatic heterocycles. The molecule has 0 aliphatic carbocycles. The first-order chi connectivity index (χ1) is 42.1. The van der Waals surface area contributed by atoms with Gasteiger partial charge in [-0.1, -0.05) is 188 Å². The molecule has 15 aromatic carbocycles. The highest BCUT2D eigenvalue weighted by Gasteiger charge is 2.23. The topological polar surface area (TPSA) is 26.3 Å². The third-order valence-electron chi connectivity index (χ3n) is 15.2. The van der Waals surface area contributed by atoms with E-state index in [9.17, 15) is 9.60 Å². The second-order valence-corrected chi connectivity index (χ2v) is 19.2. The van der Waals surface area contributed by atoms with Crippen LogP contribution in [0, 0.1) is 0 Å². The summed E-state index contributed by atoms with van der Waals surface area (Å²) in [5, 5.41) is 13.0. The fourth-order valence-electron chi connectivity index (χ4n) is 11.9. The molecule has 0 fully saturated rings. The normalized spacial score (nSPS) is 14.8. The first-order valence-electron chi connectivity index (χ1n) is 31.0. The minimum absolute atomic E-state index is 0.0258. The van der Waals surface area contributed by atoms with Crippen LogP contribution in [-0.4, -0.2) is 0 Å². The number of fused-ring (bicyclic) bond motifs is 7. The third-order valence-corrected chi connectivity index (χ3v) is 15.2. The Labute approximate surface area is 442 Å². The Hall–Kier alpha value is -9.76. The van der Waals surface area contributed by atoms with Crippen LogP contribution in [0.2, 0.25) is 0 Å². The van der Waals surface area contributed by atoms with Crippen LogP contribution in [0.1, 0.15) is 17.8 Å². The van der Waals surface area contributed by atoms with E-state index in [1.54, 1.807) is 18.2 Å². The Morgan fingerprint density at radius 1 is 0.257 bits per heavy atom. The standard InChI is InChI=1S/C72H40O2/c1-2-16-53-41(10-1)11-9-19-54(53)52-35-48(50-37-61(71-63(39-50)57-17-3-5-20-65(57)73-71)55-30-26-46-24-22-42-12-7-14-44-28-32-59(55)69(46)67(42)44)34-49(36-52)51-38-62(72-64(40-51)58-18-4-6-21-66(58)74-72)56-31-27-47-25-23-43-13-8-15-45-29-33-60(56)70(47)68(43)45/h1-40H/i3D,4D,5D,6D,17D,18D,20D,21D,34D,35D,36D,37D,39D. The Morgan fingerprint density at radius 3 is 1.39 bits per heavy atom. The van der Waals surface area contributed by atoms with Gasteiger partial charge in [-0.2, -0.15) is 0 Å². The van der Waals surface area contributed by atoms with Gasteiger partial charge in [0, 0.05) is 32.7 Å². The molecule has 17 aromatic rings. The van der Waals surface area contributed by atoms with Gasteiger partial charge in [0.2, 0.25) is 0 Å². The molecule has 0 N–H and O–H groups in total. The van der Waals surface area contributed by atoms with Crippen LogP contribution in [0.5, 0.6) is 0 Å². The van der Waals surface area contributed by atoms with Gasteiger partial charge in [-0.05, 0) is 174 Å². The highest BCUT2D eigenvalue weighted by molar-refractivity contribution is 6.28. The molecule has 0 saturated carbocycles. The third kappa shape index (κ3) is 5.65. The number of hydrogen-bond acceptors (Lipinski definition) is 2. The highest BCUT2D eigenvalue weighted by Crippen LogP contribution is 2.48. The summed E-state index contributed by atoms with van der Waals surface area (Å²) in [7, 11) is 0. The summed E-state index contributed by atoms with van der Waals surface area (Å²) >= 11 is 0. The average molecular weight is 950 g/mol. The van der Waals surface area contributed by atoms with Crippen molar-refractivity contribution in [3.63, 3.8) is 0 Å². The van der Waals surface area contributed by atoms with Crippen molar-refractivity contribution in [2.75, 3.05) is 0 Å². The lowest BCUT2D eigenvalue weighted by atomic mass is 9.86. The molecule has 2 heteroatoms. The Balaban J connectivity index is 1.05. The van der Waals surface area contributed by atoms with Crippen LogP contribution >= 0.6 is 0 Å². The van der Waals surface area contributed by atoms with Crippen LogP contribution in [0.3, 0.4) is 0 Å². The van der Waals surface area contributed by atoms with Gasteiger partial charge in [0.05, 0.1) is 17.8 Å². The first-order valence-corrected chi connectivity index (χ1v) is 24.5. The van der Waals surface area contributed by atoms with Gasteiger partial charge in [-0.15, -0.1) is 0 Å². The molecule has 0 saturated heterocycles. The Kier molecular flexibility index (Phi) is 5.95. The summed E-state index contributed by atoms with van der Waals surface area (Å²) in [4.78, 5) is 0. The molecule has 340 valence electrons. The van der Waals surface area contributed by atoms with E-state index in [0.717, 1.165) is 64.6 Å². The Bertz CT molecular complexity index is 5960. The van der Waals surface area contributed by atoms with E-state index in [0.29, 0.717) is 33.0 Å². The number of hydrogen-bond donors (Lipinski definition) is 0. The fourth-order valence-corrected chi connectivity index (χ4v) is 11.9. The van der Waals surface area contributed by atoms with Crippen molar-refractivity contribution in [2.24, 2.45) is 0 Å². The zero-order valence-electron chi connectivity index (χ0n) is 51.9. The molecule has 0 spiro atoms. The van der Waals surface area contributed by atoms with E-state index in [4.69, 9.17) is 17.1 Å². The molecular weight excluding hydrogens is 897 g/mol. The predicted octanol–water partition coefficient (Wildman–Crippen LogP) is 20.8. The molecule has 2 heterocycles. The van der Waals surface area contributed by atoms with Crippen LogP contribution in [-0.2, 0) is 0 Å². The van der Waals surface area contributed by atoms with Crippen molar-refractivity contribution < 1.29 is 26.7 Å². The number of benzene rings is 15.